The van der Waals surface area contributed by atoms with Gasteiger partial charge in [0, 0.05) is 5.56 Å². The maximum atomic E-state index is 12.2. The predicted octanol–water partition coefficient (Wildman–Crippen LogP) is 2.64. The molecule has 6 heteroatoms. The van der Waals surface area contributed by atoms with Crippen LogP contribution in [-0.2, 0) is 9.47 Å². The van der Waals surface area contributed by atoms with Gasteiger partial charge in [0.1, 0.15) is 5.75 Å². The van der Waals surface area contributed by atoms with Crippen LogP contribution in [0.1, 0.15) is 32.1 Å². The number of hydrogen-bond acceptors (Lipinski definition) is 6. The smallest absolute Gasteiger partial charge is 0.340 e. The Morgan fingerprint density at radius 3 is 1.96 bits per heavy atom. The fourth-order valence-electron chi connectivity index (χ4n) is 2.50. The van der Waals surface area contributed by atoms with Crippen molar-refractivity contribution < 1.29 is 24.2 Å². The summed E-state index contributed by atoms with van der Waals surface area (Å²) in [5.74, 6) is -1.21. The molecule has 2 aromatic rings. The summed E-state index contributed by atoms with van der Waals surface area (Å²) in [5.41, 5.74) is 2.04. The summed E-state index contributed by atoms with van der Waals surface area (Å²) < 4.78 is 9.65. The summed E-state index contributed by atoms with van der Waals surface area (Å²) in [6, 6.07) is 6.28. The lowest BCUT2D eigenvalue weighted by molar-refractivity contribution is 0.0599. The van der Waals surface area contributed by atoms with Crippen molar-refractivity contribution in [1.82, 2.24) is 4.98 Å². The minimum atomic E-state index is -0.613. The molecule has 2 rings (SSSR count). The lowest BCUT2D eigenvalue weighted by Crippen LogP contribution is -2.16. The van der Waals surface area contributed by atoms with Crippen LogP contribution in [0, 0.1) is 13.8 Å². The molecule has 0 unspecified atom stereocenters. The van der Waals surface area contributed by atoms with E-state index in [1.165, 1.54) is 26.4 Å². The van der Waals surface area contributed by atoms with Crippen LogP contribution in [0.3, 0.4) is 0 Å². The molecular formula is C17H17NO5. The maximum absolute atomic E-state index is 12.2. The molecule has 0 fully saturated rings. The molecule has 0 saturated heterocycles. The fourth-order valence-corrected chi connectivity index (χ4v) is 2.50. The van der Waals surface area contributed by atoms with E-state index in [1.54, 1.807) is 26.0 Å². The Morgan fingerprint density at radius 1 is 1.00 bits per heavy atom. The molecule has 0 radical (unpaired) electrons. The third kappa shape index (κ3) is 3.01. The lowest BCUT2D eigenvalue weighted by Gasteiger charge is -2.17. The molecule has 120 valence electrons. The Kier molecular flexibility index (Phi) is 4.64. The van der Waals surface area contributed by atoms with Crippen LogP contribution in [0.2, 0.25) is 0 Å². The highest BCUT2D eigenvalue weighted by atomic mass is 16.5. The Morgan fingerprint density at radius 2 is 1.52 bits per heavy atom. The summed E-state index contributed by atoms with van der Waals surface area (Å²) in [6.07, 6.45) is 0. The van der Waals surface area contributed by atoms with Crippen molar-refractivity contribution in [2.24, 2.45) is 0 Å². The zero-order valence-corrected chi connectivity index (χ0v) is 13.3. The van der Waals surface area contributed by atoms with E-state index in [-0.39, 0.29) is 16.9 Å². The number of pyridine rings is 1. The highest BCUT2D eigenvalue weighted by molar-refractivity contribution is 6.07. The van der Waals surface area contributed by atoms with Crippen LogP contribution in [0.15, 0.2) is 24.3 Å². The maximum Gasteiger partial charge on any atom is 0.340 e. The van der Waals surface area contributed by atoms with E-state index >= 15 is 0 Å². The molecule has 0 spiro atoms. The number of methoxy groups -OCH3 is 2. The molecule has 0 aliphatic carbocycles. The average molecular weight is 315 g/mol. The summed E-state index contributed by atoms with van der Waals surface area (Å²) in [6.45, 7) is 3.32. The topological polar surface area (TPSA) is 85.7 Å². The number of aromatic hydroxyl groups is 1. The fraction of sp³-hybridized carbons (Fsp3) is 0.235. The van der Waals surface area contributed by atoms with E-state index in [2.05, 4.69) is 4.98 Å². The largest absolute Gasteiger partial charge is 0.508 e. The van der Waals surface area contributed by atoms with Crippen molar-refractivity contribution in [3.8, 4) is 16.9 Å². The molecule has 1 aromatic heterocycles. The van der Waals surface area contributed by atoms with Crippen molar-refractivity contribution >= 4 is 11.9 Å². The first-order valence-electron chi connectivity index (χ1n) is 6.88. The van der Waals surface area contributed by atoms with Crippen LogP contribution >= 0.6 is 0 Å². The molecule has 0 aliphatic rings. The number of esters is 2. The molecule has 6 nitrogen and oxygen atoms in total. The number of aromatic nitrogens is 1. The van der Waals surface area contributed by atoms with Gasteiger partial charge in [-0.1, -0.05) is 12.1 Å². The molecular weight excluding hydrogens is 298 g/mol. The quantitative estimate of drug-likeness (QED) is 0.876. The van der Waals surface area contributed by atoms with Gasteiger partial charge >= 0.3 is 11.9 Å². The highest BCUT2D eigenvalue weighted by Crippen LogP contribution is 2.33. The number of phenols is 1. The van der Waals surface area contributed by atoms with Gasteiger partial charge in [0.25, 0.3) is 0 Å². The van der Waals surface area contributed by atoms with Crippen molar-refractivity contribution in [2.45, 2.75) is 13.8 Å². The van der Waals surface area contributed by atoms with E-state index in [4.69, 9.17) is 9.47 Å². The SMILES string of the molecule is COC(=O)c1c(C)nc(C)c(C(=O)OC)c1-c1cccc(O)c1. The third-order valence-corrected chi connectivity index (χ3v) is 3.47. The van der Waals surface area contributed by atoms with Gasteiger partial charge in [-0.3, -0.25) is 4.98 Å². The Labute approximate surface area is 133 Å². The number of benzene rings is 1. The molecule has 1 N–H and O–H groups in total. The average Bonchev–Trinajstić information content (AvgIpc) is 2.52. The second-order valence-electron chi connectivity index (χ2n) is 4.94. The van der Waals surface area contributed by atoms with E-state index in [1.807, 2.05) is 0 Å². The molecule has 0 aliphatic heterocycles. The number of nitrogens with zero attached hydrogens (tertiary/aromatic N) is 1. The van der Waals surface area contributed by atoms with Gasteiger partial charge in [-0.25, -0.2) is 9.59 Å². The monoisotopic (exact) mass is 315 g/mol. The number of rotatable bonds is 3. The molecule has 0 amide bonds. The van der Waals surface area contributed by atoms with Gasteiger partial charge in [0.05, 0.1) is 36.7 Å². The number of carbonyl (C=O) groups is 2. The first-order valence-corrected chi connectivity index (χ1v) is 6.88. The predicted molar refractivity (Wildman–Crippen MR) is 83.5 cm³/mol. The van der Waals surface area contributed by atoms with Crippen molar-refractivity contribution in [2.75, 3.05) is 14.2 Å². The normalized spacial score (nSPS) is 10.3. The minimum Gasteiger partial charge on any atom is -0.508 e. The third-order valence-electron chi connectivity index (χ3n) is 3.47. The molecule has 1 heterocycles. The lowest BCUT2D eigenvalue weighted by atomic mass is 9.92. The van der Waals surface area contributed by atoms with Crippen molar-refractivity contribution in [3.63, 3.8) is 0 Å². The van der Waals surface area contributed by atoms with Crippen LogP contribution in [0.4, 0.5) is 0 Å². The Balaban J connectivity index is 2.93. The second kappa shape index (κ2) is 6.48. The van der Waals surface area contributed by atoms with Crippen molar-refractivity contribution in [1.29, 1.82) is 0 Å². The Hall–Kier alpha value is -2.89. The van der Waals surface area contributed by atoms with Gasteiger partial charge in [-0.15, -0.1) is 0 Å². The van der Waals surface area contributed by atoms with E-state index in [0.29, 0.717) is 22.5 Å². The summed E-state index contributed by atoms with van der Waals surface area (Å²) in [4.78, 5) is 28.7. The number of carbonyl (C=O) groups excluding carboxylic acids is 2. The van der Waals surface area contributed by atoms with Gasteiger partial charge in [-0.05, 0) is 31.5 Å². The van der Waals surface area contributed by atoms with Gasteiger partial charge in [0.2, 0.25) is 0 Å². The Bertz CT molecular complexity index is 743. The number of hydrogen-bond donors (Lipinski definition) is 1. The van der Waals surface area contributed by atoms with Gasteiger partial charge < -0.3 is 14.6 Å². The van der Waals surface area contributed by atoms with E-state index < -0.39 is 11.9 Å². The zero-order valence-electron chi connectivity index (χ0n) is 13.3. The minimum absolute atomic E-state index is 0.0150. The molecule has 1 aromatic carbocycles. The van der Waals surface area contributed by atoms with E-state index in [9.17, 15) is 14.7 Å². The standard InChI is InChI=1S/C17H17NO5/c1-9-13(16(20)22-3)15(11-6-5-7-12(19)8-11)14(10(2)18-9)17(21)23-4/h5-8,19H,1-4H3. The molecule has 0 saturated carbocycles. The second-order valence-corrected chi connectivity index (χ2v) is 4.94. The molecule has 0 bridgehead atoms. The van der Waals surface area contributed by atoms with Gasteiger partial charge in [-0.2, -0.15) is 0 Å². The van der Waals surface area contributed by atoms with Gasteiger partial charge in [0.15, 0.2) is 0 Å². The van der Waals surface area contributed by atoms with Crippen molar-refractivity contribution in [3.05, 3.63) is 46.8 Å². The van der Waals surface area contributed by atoms with Crippen LogP contribution in [0.5, 0.6) is 5.75 Å². The zero-order chi connectivity index (χ0) is 17.1. The first-order chi connectivity index (χ1) is 10.9. The van der Waals surface area contributed by atoms with E-state index in [0.717, 1.165) is 0 Å². The number of phenolic OH excluding ortho intramolecular Hbond substituents is 1. The summed E-state index contributed by atoms with van der Waals surface area (Å²) in [5, 5.41) is 9.74. The van der Waals surface area contributed by atoms with Crippen LogP contribution in [-0.4, -0.2) is 36.2 Å². The van der Waals surface area contributed by atoms with Crippen LogP contribution < -0.4 is 0 Å². The summed E-state index contributed by atoms with van der Waals surface area (Å²) >= 11 is 0. The number of aryl methyl sites for hydroxylation is 2. The first kappa shape index (κ1) is 16.5. The summed E-state index contributed by atoms with van der Waals surface area (Å²) in [7, 11) is 2.51. The number of ether oxygens (including phenoxy) is 2. The molecule has 0 atom stereocenters. The molecule has 23 heavy (non-hydrogen) atoms. The highest BCUT2D eigenvalue weighted by Gasteiger charge is 2.27. The van der Waals surface area contributed by atoms with Crippen LogP contribution in [0.25, 0.3) is 11.1 Å².